The summed E-state index contributed by atoms with van der Waals surface area (Å²) >= 11 is 1.69. The van der Waals surface area contributed by atoms with Crippen molar-refractivity contribution in [3.05, 3.63) is 34.9 Å². The fourth-order valence-electron chi connectivity index (χ4n) is 3.67. The average molecular weight is 341 g/mol. The van der Waals surface area contributed by atoms with E-state index in [0.29, 0.717) is 6.10 Å². The fourth-order valence-corrected chi connectivity index (χ4v) is 4.59. The first-order valence-corrected chi connectivity index (χ1v) is 9.38. The van der Waals surface area contributed by atoms with Crippen molar-refractivity contribution in [1.82, 2.24) is 9.88 Å². The zero-order chi connectivity index (χ0) is 16.7. The van der Waals surface area contributed by atoms with Crippen LogP contribution in [-0.2, 0) is 11.3 Å². The molecule has 1 aromatic heterocycles. The van der Waals surface area contributed by atoms with E-state index >= 15 is 0 Å². The van der Waals surface area contributed by atoms with Gasteiger partial charge in [0.2, 0.25) is 0 Å². The maximum atomic E-state index is 5.82. The van der Waals surface area contributed by atoms with Crippen molar-refractivity contribution < 1.29 is 4.74 Å². The number of aromatic nitrogens is 1. The number of amidine groups is 1. The molecule has 0 radical (unpaired) electrons. The molecule has 24 heavy (non-hydrogen) atoms. The molecular formula is C19H23N3OS. The van der Waals surface area contributed by atoms with Crippen LogP contribution in [0.2, 0.25) is 0 Å². The van der Waals surface area contributed by atoms with Gasteiger partial charge in [0.05, 0.1) is 11.6 Å². The lowest BCUT2D eigenvalue weighted by atomic mass is 10.1. The summed E-state index contributed by atoms with van der Waals surface area (Å²) in [6.07, 6.45) is 2.66. The number of hydrogen-bond donors (Lipinski definition) is 0. The minimum Gasteiger partial charge on any atom is -0.376 e. The van der Waals surface area contributed by atoms with Gasteiger partial charge in [0.1, 0.15) is 5.03 Å². The molecule has 0 spiro atoms. The molecule has 0 amide bonds. The number of aliphatic imine (C=N–C) groups is 1. The number of benzene rings is 1. The van der Waals surface area contributed by atoms with E-state index in [2.05, 4.69) is 41.9 Å². The molecule has 2 aliphatic heterocycles. The molecule has 0 saturated carbocycles. The molecule has 1 aromatic carbocycles. The van der Waals surface area contributed by atoms with Gasteiger partial charge in [0, 0.05) is 37.7 Å². The van der Waals surface area contributed by atoms with Gasteiger partial charge in [-0.05, 0) is 56.1 Å². The minimum absolute atomic E-state index is 0.335. The predicted octanol–water partition coefficient (Wildman–Crippen LogP) is 3.92. The third kappa shape index (κ3) is 2.91. The first-order chi connectivity index (χ1) is 11.6. The summed E-state index contributed by atoms with van der Waals surface area (Å²) in [6, 6.07) is 6.74. The molecule has 0 unspecified atom stereocenters. The van der Waals surface area contributed by atoms with Crippen LogP contribution in [0, 0.1) is 13.8 Å². The second kappa shape index (κ2) is 6.37. The Bertz CT molecular complexity index is 812. The average Bonchev–Trinajstić information content (AvgIpc) is 3.05. The maximum absolute atomic E-state index is 5.82. The smallest absolute Gasteiger partial charge is 0.165 e. The summed E-state index contributed by atoms with van der Waals surface area (Å²) in [5.74, 6) is 0. The van der Waals surface area contributed by atoms with Gasteiger partial charge >= 0.3 is 0 Å². The largest absolute Gasteiger partial charge is 0.376 e. The Balaban J connectivity index is 1.70. The summed E-state index contributed by atoms with van der Waals surface area (Å²) in [5.41, 5.74) is 4.93. The molecule has 0 N–H and O–H groups in total. The zero-order valence-corrected chi connectivity index (χ0v) is 15.3. The predicted molar refractivity (Wildman–Crippen MR) is 99.8 cm³/mol. The number of thioether (sulfide) groups is 1. The highest BCUT2D eigenvalue weighted by atomic mass is 32.2. The molecular weight excluding hydrogens is 318 g/mol. The van der Waals surface area contributed by atoms with Gasteiger partial charge in [-0.3, -0.25) is 4.99 Å². The molecule has 2 aliphatic rings. The van der Waals surface area contributed by atoms with Crippen LogP contribution in [0.3, 0.4) is 0 Å². The van der Waals surface area contributed by atoms with Crippen molar-refractivity contribution in [2.75, 3.05) is 20.2 Å². The standard InChI is InChI=1S/C19H23N3OS/c1-12-7-13(2)17-14(8-12)9-15-10-22(11-16-5-4-6-23-16)19(20-3)24-18(15)21-17/h7-9,16H,4-6,10-11H2,1-3H3/t16-/m0/s1. The van der Waals surface area contributed by atoms with Crippen LogP contribution in [0.4, 0.5) is 0 Å². The van der Waals surface area contributed by atoms with Gasteiger partial charge in [-0.2, -0.15) is 0 Å². The van der Waals surface area contributed by atoms with Gasteiger partial charge in [-0.15, -0.1) is 0 Å². The third-order valence-electron chi connectivity index (χ3n) is 4.75. The molecule has 4 nitrogen and oxygen atoms in total. The SMILES string of the molecule is CN=C1Sc2nc3c(C)cc(C)cc3cc2CN1C[C@@H]1CCCO1. The van der Waals surface area contributed by atoms with Crippen molar-refractivity contribution >= 4 is 27.8 Å². The molecule has 1 fully saturated rings. The van der Waals surface area contributed by atoms with Crippen molar-refractivity contribution in [1.29, 1.82) is 0 Å². The highest BCUT2D eigenvalue weighted by Gasteiger charge is 2.27. The van der Waals surface area contributed by atoms with E-state index in [4.69, 9.17) is 9.72 Å². The summed E-state index contributed by atoms with van der Waals surface area (Å²) in [5, 5.41) is 3.38. The lowest BCUT2D eigenvalue weighted by molar-refractivity contribution is 0.0903. The van der Waals surface area contributed by atoms with E-state index in [0.717, 1.165) is 41.8 Å². The minimum atomic E-state index is 0.335. The van der Waals surface area contributed by atoms with Gasteiger partial charge in [-0.1, -0.05) is 11.6 Å². The van der Waals surface area contributed by atoms with Crippen molar-refractivity contribution in [3.63, 3.8) is 0 Å². The van der Waals surface area contributed by atoms with E-state index in [1.807, 2.05) is 7.05 Å². The number of hydrogen-bond acceptors (Lipinski definition) is 4. The summed E-state index contributed by atoms with van der Waals surface area (Å²) in [6.45, 7) is 6.97. The van der Waals surface area contributed by atoms with Crippen molar-refractivity contribution in [3.8, 4) is 0 Å². The number of ether oxygens (including phenoxy) is 1. The van der Waals surface area contributed by atoms with Crippen LogP contribution in [0.5, 0.6) is 0 Å². The third-order valence-corrected chi connectivity index (χ3v) is 5.92. The molecule has 2 aromatic rings. The van der Waals surface area contributed by atoms with Crippen molar-refractivity contribution in [2.24, 2.45) is 4.99 Å². The molecule has 126 valence electrons. The van der Waals surface area contributed by atoms with E-state index in [-0.39, 0.29) is 0 Å². The Morgan fingerprint density at radius 2 is 2.21 bits per heavy atom. The van der Waals surface area contributed by atoms with Gasteiger partial charge < -0.3 is 9.64 Å². The second-order valence-corrected chi connectivity index (χ2v) is 7.69. The summed E-state index contributed by atoms with van der Waals surface area (Å²) in [4.78, 5) is 11.8. The van der Waals surface area contributed by atoms with Crippen LogP contribution in [-0.4, -0.2) is 41.4 Å². The van der Waals surface area contributed by atoms with E-state index in [1.165, 1.54) is 28.5 Å². The Hall–Kier alpha value is -1.59. The molecule has 1 saturated heterocycles. The number of aryl methyl sites for hydroxylation is 2. The molecule has 0 bridgehead atoms. The van der Waals surface area contributed by atoms with E-state index < -0.39 is 0 Å². The topological polar surface area (TPSA) is 37.7 Å². The fraction of sp³-hybridized carbons (Fsp3) is 0.474. The van der Waals surface area contributed by atoms with E-state index in [1.54, 1.807) is 11.8 Å². The van der Waals surface area contributed by atoms with Crippen LogP contribution in [0.1, 0.15) is 29.5 Å². The summed E-state index contributed by atoms with van der Waals surface area (Å²) in [7, 11) is 1.87. The highest BCUT2D eigenvalue weighted by molar-refractivity contribution is 8.13. The number of fused-ring (bicyclic) bond motifs is 2. The zero-order valence-electron chi connectivity index (χ0n) is 14.5. The molecule has 5 heteroatoms. The number of nitrogens with zero attached hydrogens (tertiary/aromatic N) is 3. The lowest BCUT2D eigenvalue weighted by Gasteiger charge is -2.32. The molecule has 4 rings (SSSR count). The Morgan fingerprint density at radius 3 is 2.96 bits per heavy atom. The van der Waals surface area contributed by atoms with Crippen LogP contribution in [0.15, 0.2) is 28.2 Å². The van der Waals surface area contributed by atoms with Crippen LogP contribution >= 0.6 is 11.8 Å². The van der Waals surface area contributed by atoms with Gasteiger partial charge in [0.15, 0.2) is 5.17 Å². The van der Waals surface area contributed by atoms with Gasteiger partial charge in [-0.25, -0.2) is 4.98 Å². The number of pyridine rings is 1. The number of rotatable bonds is 2. The lowest BCUT2D eigenvalue weighted by Crippen LogP contribution is -2.37. The Morgan fingerprint density at radius 1 is 1.33 bits per heavy atom. The monoisotopic (exact) mass is 341 g/mol. The van der Waals surface area contributed by atoms with Crippen LogP contribution in [0.25, 0.3) is 10.9 Å². The second-order valence-electron chi connectivity index (χ2n) is 6.73. The first kappa shape index (κ1) is 15.9. The van der Waals surface area contributed by atoms with Crippen molar-refractivity contribution in [2.45, 2.75) is 44.4 Å². The normalized spacial score (nSPS) is 22.4. The van der Waals surface area contributed by atoms with Crippen LogP contribution < -0.4 is 0 Å². The quantitative estimate of drug-likeness (QED) is 0.830. The molecule has 0 aliphatic carbocycles. The summed E-state index contributed by atoms with van der Waals surface area (Å²) < 4.78 is 5.82. The first-order valence-electron chi connectivity index (χ1n) is 8.56. The Kier molecular flexibility index (Phi) is 4.22. The van der Waals surface area contributed by atoms with E-state index in [9.17, 15) is 0 Å². The molecule has 3 heterocycles. The van der Waals surface area contributed by atoms with Gasteiger partial charge in [0.25, 0.3) is 0 Å². The Labute approximate surface area is 147 Å². The highest BCUT2D eigenvalue weighted by Crippen LogP contribution is 2.34. The maximum Gasteiger partial charge on any atom is 0.165 e. The molecule has 1 atom stereocenters.